The highest BCUT2D eigenvalue weighted by Crippen LogP contribution is 2.18. The number of aromatic nitrogens is 1. The highest BCUT2D eigenvalue weighted by Gasteiger charge is 2.13. The van der Waals surface area contributed by atoms with E-state index in [9.17, 15) is 4.79 Å². The minimum Gasteiger partial charge on any atom is -0.349 e. The summed E-state index contributed by atoms with van der Waals surface area (Å²) in [6.45, 7) is 6.85. The van der Waals surface area contributed by atoms with E-state index in [1.165, 1.54) is 16.9 Å². The predicted octanol–water partition coefficient (Wildman–Crippen LogP) is 4.49. The van der Waals surface area contributed by atoms with Crippen molar-refractivity contribution in [3.8, 4) is 0 Å². The molecule has 0 saturated carbocycles. The maximum atomic E-state index is 12.1. The van der Waals surface area contributed by atoms with Crippen LogP contribution in [0.4, 0.5) is 0 Å². The molecule has 7 heteroatoms. The van der Waals surface area contributed by atoms with Gasteiger partial charge in [0.25, 0.3) is 5.91 Å². The standard InChI is InChI=1S/C18H25N3OS.2ClH/c1-4-5-17-20-11-16(23-17)18(22)21-10-15(19)14-8-6-13(7-9-14)12(2)3;;/h6-9,11-12,15H,4-5,10,19H2,1-3H3,(H,21,22);2*1H. The summed E-state index contributed by atoms with van der Waals surface area (Å²) in [5.74, 6) is 0.405. The van der Waals surface area contributed by atoms with Crippen LogP contribution in [0.1, 0.15) is 65.0 Å². The molecule has 0 saturated heterocycles. The summed E-state index contributed by atoms with van der Waals surface area (Å²) in [5.41, 5.74) is 8.50. The van der Waals surface area contributed by atoms with Crippen molar-refractivity contribution in [1.29, 1.82) is 0 Å². The minimum atomic E-state index is -0.205. The van der Waals surface area contributed by atoms with Gasteiger partial charge in [0.05, 0.1) is 11.2 Å². The first-order valence-corrected chi connectivity index (χ1v) is 8.91. The molecule has 2 aromatic rings. The summed E-state index contributed by atoms with van der Waals surface area (Å²) in [4.78, 5) is 17.1. The van der Waals surface area contributed by atoms with Crippen molar-refractivity contribution < 1.29 is 4.79 Å². The monoisotopic (exact) mass is 403 g/mol. The highest BCUT2D eigenvalue weighted by atomic mass is 35.5. The number of halogens is 2. The lowest BCUT2D eigenvalue weighted by Gasteiger charge is -2.14. The Balaban J connectivity index is 0.00000288. The summed E-state index contributed by atoms with van der Waals surface area (Å²) in [6, 6.07) is 8.07. The molecule has 1 aromatic heterocycles. The zero-order chi connectivity index (χ0) is 16.8. The highest BCUT2D eigenvalue weighted by molar-refractivity contribution is 7.13. The van der Waals surface area contributed by atoms with E-state index in [4.69, 9.17) is 5.73 Å². The van der Waals surface area contributed by atoms with Crippen LogP contribution in [0.5, 0.6) is 0 Å². The SMILES string of the molecule is CCCc1ncc(C(=O)NCC(N)c2ccc(C(C)C)cc2)s1.Cl.Cl. The van der Waals surface area contributed by atoms with Gasteiger partial charge in [-0.2, -0.15) is 0 Å². The first-order valence-electron chi connectivity index (χ1n) is 8.09. The molecule has 1 aromatic carbocycles. The van der Waals surface area contributed by atoms with E-state index in [-0.39, 0.29) is 36.8 Å². The van der Waals surface area contributed by atoms with Crippen molar-refractivity contribution >= 4 is 42.1 Å². The topological polar surface area (TPSA) is 68.0 Å². The third-order valence-electron chi connectivity index (χ3n) is 3.76. The van der Waals surface area contributed by atoms with Gasteiger partial charge in [0.15, 0.2) is 0 Å². The normalized spacial score (nSPS) is 11.4. The number of benzene rings is 1. The maximum absolute atomic E-state index is 12.1. The molecule has 0 fully saturated rings. The van der Waals surface area contributed by atoms with E-state index >= 15 is 0 Å². The lowest BCUT2D eigenvalue weighted by Crippen LogP contribution is -2.31. The Kier molecular flexibility index (Phi) is 10.9. The van der Waals surface area contributed by atoms with Gasteiger partial charge in [-0.15, -0.1) is 36.2 Å². The van der Waals surface area contributed by atoms with E-state index in [1.54, 1.807) is 6.20 Å². The molecule has 4 nitrogen and oxygen atoms in total. The van der Waals surface area contributed by atoms with Crippen molar-refractivity contribution in [1.82, 2.24) is 10.3 Å². The average Bonchev–Trinajstić information content (AvgIpc) is 3.01. The fourth-order valence-corrected chi connectivity index (χ4v) is 3.22. The number of hydrogen-bond acceptors (Lipinski definition) is 4. The third kappa shape index (κ3) is 6.94. The Morgan fingerprint density at radius 2 is 1.80 bits per heavy atom. The first kappa shape index (κ1) is 23.9. The molecule has 25 heavy (non-hydrogen) atoms. The molecule has 140 valence electrons. The van der Waals surface area contributed by atoms with Crippen molar-refractivity contribution in [2.24, 2.45) is 5.73 Å². The Morgan fingerprint density at radius 1 is 1.20 bits per heavy atom. The molecular weight excluding hydrogens is 377 g/mol. The van der Waals surface area contributed by atoms with E-state index < -0.39 is 0 Å². The Labute approximate surface area is 166 Å². The number of hydrogen-bond donors (Lipinski definition) is 2. The zero-order valence-corrected chi connectivity index (χ0v) is 17.3. The van der Waals surface area contributed by atoms with E-state index in [2.05, 4.69) is 43.2 Å². The average molecular weight is 404 g/mol. The lowest BCUT2D eigenvalue weighted by atomic mass is 9.99. The van der Waals surface area contributed by atoms with E-state index in [0.717, 1.165) is 23.4 Å². The third-order valence-corrected chi connectivity index (χ3v) is 4.81. The number of nitrogens with zero attached hydrogens (tertiary/aromatic N) is 1. The number of nitrogens with two attached hydrogens (primary N) is 1. The molecule has 0 aliphatic heterocycles. The summed E-state index contributed by atoms with van der Waals surface area (Å²) >= 11 is 1.45. The van der Waals surface area contributed by atoms with Gasteiger partial charge in [0, 0.05) is 12.6 Å². The summed E-state index contributed by atoms with van der Waals surface area (Å²) in [7, 11) is 0. The van der Waals surface area contributed by atoms with Gasteiger partial charge in [-0.1, -0.05) is 45.0 Å². The molecule has 0 radical (unpaired) electrons. The van der Waals surface area contributed by atoms with Crippen LogP contribution in [-0.2, 0) is 6.42 Å². The predicted molar refractivity (Wildman–Crippen MR) is 110 cm³/mol. The molecule has 0 aliphatic carbocycles. The van der Waals surface area contributed by atoms with E-state index in [1.807, 2.05) is 12.1 Å². The number of carbonyl (C=O) groups excluding carboxylic acids is 1. The van der Waals surface area contributed by atoms with Gasteiger partial charge in [-0.3, -0.25) is 4.79 Å². The van der Waals surface area contributed by atoms with Gasteiger partial charge in [-0.25, -0.2) is 4.98 Å². The second-order valence-corrected chi connectivity index (χ2v) is 7.12. The second kappa shape index (κ2) is 11.5. The largest absolute Gasteiger partial charge is 0.349 e. The van der Waals surface area contributed by atoms with Crippen LogP contribution in [-0.4, -0.2) is 17.4 Å². The van der Waals surface area contributed by atoms with Crippen molar-refractivity contribution in [2.75, 3.05) is 6.54 Å². The fourth-order valence-electron chi connectivity index (χ4n) is 2.28. The van der Waals surface area contributed by atoms with Crippen LogP contribution >= 0.6 is 36.2 Å². The molecule has 1 heterocycles. The van der Waals surface area contributed by atoms with Crippen molar-refractivity contribution in [2.45, 2.75) is 45.6 Å². The molecule has 0 spiro atoms. The van der Waals surface area contributed by atoms with Crippen LogP contribution in [0.15, 0.2) is 30.5 Å². The van der Waals surface area contributed by atoms with Crippen LogP contribution in [0, 0.1) is 0 Å². The maximum Gasteiger partial charge on any atom is 0.263 e. The molecule has 0 bridgehead atoms. The zero-order valence-electron chi connectivity index (χ0n) is 14.8. The number of nitrogens with one attached hydrogen (secondary N) is 1. The molecule has 1 unspecified atom stereocenters. The number of amides is 1. The number of aryl methyl sites for hydroxylation is 1. The van der Waals surface area contributed by atoms with E-state index in [0.29, 0.717) is 17.3 Å². The van der Waals surface area contributed by atoms with Gasteiger partial charge in [0.2, 0.25) is 0 Å². The number of thiazole rings is 1. The fraction of sp³-hybridized carbons (Fsp3) is 0.444. The Hall–Kier alpha value is -1.14. The summed E-state index contributed by atoms with van der Waals surface area (Å²) < 4.78 is 0. The lowest BCUT2D eigenvalue weighted by molar-refractivity contribution is 0.0955. The number of rotatable bonds is 7. The summed E-state index contributed by atoms with van der Waals surface area (Å²) in [6.07, 6.45) is 3.60. The first-order chi connectivity index (χ1) is 11.0. The summed E-state index contributed by atoms with van der Waals surface area (Å²) in [5, 5.41) is 3.90. The van der Waals surface area contributed by atoms with Gasteiger partial charge in [-0.05, 0) is 29.9 Å². The molecular formula is C18H27Cl2N3OS. The van der Waals surface area contributed by atoms with Crippen LogP contribution in [0.25, 0.3) is 0 Å². The van der Waals surface area contributed by atoms with Crippen molar-refractivity contribution in [3.05, 3.63) is 51.5 Å². The second-order valence-electron chi connectivity index (χ2n) is 6.01. The molecule has 2 rings (SSSR count). The van der Waals surface area contributed by atoms with Crippen LogP contribution in [0.3, 0.4) is 0 Å². The quantitative estimate of drug-likeness (QED) is 0.714. The van der Waals surface area contributed by atoms with Gasteiger partial charge >= 0.3 is 0 Å². The minimum absolute atomic E-state index is 0. The Morgan fingerprint density at radius 3 is 2.36 bits per heavy atom. The van der Waals surface area contributed by atoms with Crippen LogP contribution in [0.2, 0.25) is 0 Å². The smallest absolute Gasteiger partial charge is 0.263 e. The van der Waals surface area contributed by atoms with Gasteiger partial charge < -0.3 is 11.1 Å². The van der Waals surface area contributed by atoms with Crippen molar-refractivity contribution in [3.63, 3.8) is 0 Å². The molecule has 3 N–H and O–H groups in total. The van der Waals surface area contributed by atoms with Crippen LogP contribution < -0.4 is 11.1 Å². The number of carbonyl (C=O) groups is 1. The van der Waals surface area contributed by atoms with Gasteiger partial charge in [0.1, 0.15) is 4.88 Å². The molecule has 1 amide bonds. The Bertz CT molecular complexity index is 644. The molecule has 1 atom stereocenters. The molecule has 0 aliphatic rings.